The Morgan fingerprint density at radius 3 is 2.40 bits per heavy atom. The number of hydrogen-bond acceptors (Lipinski definition) is 1. The second-order valence-corrected chi connectivity index (χ2v) is 2.61. The van der Waals surface area contributed by atoms with Gasteiger partial charge in [-0.05, 0) is 6.92 Å². The Kier molecular flexibility index (Phi) is 1.62. The van der Waals surface area contributed by atoms with Crippen molar-refractivity contribution in [1.82, 2.24) is 0 Å². The molecule has 0 unspecified atom stereocenters. The van der Waals surface area contributed by atoms with Gasteiger partial charge >= 0.3 is 0 Å². The van der Waals surface area contributed by atoms with Gasteiger partial charge in [0.1, 0.15) is 0 Å². The molecular formula is C8H12NO+. The molecule has 0 fully saturated rings. The van der Waals surface area contributed by atoms with Crippen molar-refractivity contribution < 1.29 is 10.1 Å². The highest BCUT2D eigenvalue weighted by molar-refractivity contribution is 5.31. The molecule has 0 spiro atoms. The summed E-state index contributed by atoms with van der Waals surface area (Å²) in [5.74, 6) is 0.366. The van der Waals surface area contributed by atoms with Gasteiger partial charge in [-0.25, -0.2) is 4.98 Å². The highest BCUT2D eigenvalue weighted by Gasteiger charge is 2.06. The number of hydrogen-bond donors (Lipinski definition) is 1. The second kappa shape index (κ2) is 2.29. The molecule has 2 heteroatoms. The van der Waals surface area contributed by atoms with E-state index in [1.807, 2.05) is 26.8 Å². The van der Waals surface area contributed by atoms with Crippen LogP contribution in [0.25, 0.3) is 0 Å². The number of nitrogens with one attached hydrogen (secondary N) is 1. The van der Waals surface area contributed by atoms with Crippen LogP contribution in [0.1, 0.15) is 17.0 Å². The number of aromatic nitrogens is 1. The lowest BCUT2D eigenvalue weighted by atomic mass is 10.2. The third-order valence-corrected chi connectivity index (χ3v) is 1.55. The van der Waals surface area contributed by atoms with Crippen molar-refractivity contribution in [2.45, 2.75) is 20.8 Å². The predicted octanol–water partition coefficient (Wildman–Crippen LogP) is 1.13. The molecule has 0 radical (unpaired) electrons. The molecule has 0 bridgehead atoms. The van der Waals surface area contributed by atoms with Crippen LogP contribution in [0.2, 0.25) is 0 Å². The van der Waals surface area contributed by atoms with Crippen LogP contribution in [0, 0.1) is 20.8 Å². The van der Waals surface area contributed by atoms with Crippen molar-refractivity contribution in [3.63, 3.8) is 0 Å². The van der Waals surface area contributed by atoms with E-state index in [-0.39, 0.29) is 0 Å². The Morgan fingerprint density at radius 1 is 1.30 bits per heavy atom. The van der Waals surface area contributed by atoms with E-state index in [1.165, 1.54) is 0 Å². The number of aromatic hydroxyl groups is 1. The van der Waals surface area contributed by atoms with Crippen molar-refractivity contribution in [1.29, 1.82) is 0 Å². The molecule has 54 valence electrons. The largest absolute Gasteiger partial charge is 0.502 e. The molecule has 0 atom stereocenters. The number of aromatic amines is 1. The summed E-state index contributed by atoms with van der Waals surface area (Å²) < 4.78 is 0. The third-order valence-electron chi connectivity index (χ3n) is 1.55. The molecule has 2 N–H and O–H groups in total. The van der Waals surface area contributed by atoms with Crippen molar-refractivity contribution in [2.24, 2.45) is 0 Å². The van der Waals surface area contributed by atoms with Crippen LogP contribution >= 0.6 is 0 Å². The van der Waals surface area contributed by atoms with E-state index in [4.69, 9.17) is 0 Å². The van der Waals surface area contributed by atoms with Gasteiger partial charge in [-0.2, -0.15) is 0 Å². The van der Waals surface area contributed by atoms with E-state index >= 15 is 0 Å². The van der Waals surface area contributed by atoms with Gasteiger partial charge in [-0.3, -0.25) is 0 Å². The predicted molar refractivity (Wildman–Crippen MR) is 38.9 cm³/mol. The van der Waals surface area contributed by atoms with Crippen LogP contribution in [0.4, 0.5) is 0 Å². The SMILES string of the molecule is Cc1cc(C)c(O)c(C)[nH+]1. The maximum absolute atomic E-state index is 9.30. The minimum absolute atomic E-state index is 0.366. The van der Waals surface area contributed by atoms with Crippen LogP contribution in [-0.4, -0.2) is 5.11 Å². The van der Waals surface area contributed by atoms with Crippen LogP contribution in [0.15, 0.2) is 6.07 Å². The number of pyridine rings is 1. The number of H-pyrrole nitrogens is 1. The molecule has 0 saturated carbocycles. The smallest absolute Gasteiger partial charge is 0.219 e. The van der Waals surface area contributed by atoms with Gasteiger partial charge in [-0.15, -0.1) is 0 Å². The highest BCUT2D eigenvalue weighted by Crippen LogP contribution is 2.16. The third kappa shape index (κ3) is 1.10. The van der Waals surface area contributed by atoms with Crippen LogP contribution < -0.4 is 4.98 Å². The Morgan fingerprint density at radius 2 is 1.90 bits per heavy atom. The standard InChI is InChI=1S/C8H11NO/c1-5-4-6(2)9-7(3)8(5)10/h4,10H,1-3H3/p+1. The summed E-state index contributed by atoms with van der Waals surface area (Å²) in [5.41, 5.74) is 2.83. The summed E-state index contributed by atoms with van der Waals surface area (Å²) in [4.78, 5) is 3.03. The maximum Gasteiger partial charge on any atom is 0.219 e. The van der Waals surface area contributed by atoms with E-state index in [0.717, 1.165) is 17.0 Å². The molecule has 10 heavy (non-hydrogen) atoms. The molecule has 1 aromatic rings. The second-order valence-electron chi connectivity index (χ2n) is 2.61. The maximum atomic E-state index is 9.30. The summed E-state index contributed by atoms with van der Waals surface area (Å²) in [6.07, 6.45) is 0. The Balaban J connectivity index is 3.31. The van der Waals surface area contributed by atoms with Crippen LogP contribution in [0.3, 0.4) is 0 Å². The molecule has 0 saturated heterocycles. The van der Waals surface area contributed by atoms with Gasteiger partial charge in [-0.1, -0.05) is 0 Å². The van der Waals surface area contributed by atoms with Gasteiger partial charge in [0, 0.05) is 25.5 Å². The van der Waals surface area contributed by atoms with E-state index in [0.29, 0.717) is 5.75 Å². The normalized spacial score (nSPS) is 9.90. The fourth-order valence-corrected chi connectivity index (χ4v) is 1.08. The number of aryl methyl sites for hydroxylation is 3. The molecule has 1 heterocycles. The van der Waals surface area contributed by atoms with E-state index in [2.05, 4.69) is 4.98 Å². The van der Waals surface area contributed by atoms with Gasteiger partial charge in [0.25, 0.3) is 0 Å². The molecular weight excluding hydrogens is 126 g/mol. The van der Waals surface area contributed by atoms with Gasteiger partial charge in [0.2, 0.25) is 5.69 Å². The van der Waals surface area contributed by atoms with Crippen LogP contribution in [-0.2, 0) is 0 Å². The first kappa shape index (κ1) is 7.06. The van der Waals surface area contributed by atoms with Crippen molar-refractivity contribution in [3.8, 4) is 5.75 Å². The van der Waals surface area contributed by atoms with Gasteiger partial charge in [0.05, 0.1) is 0 Å². The molecule has 0 aliphatic heterocycles. The zero-order chi connectivity index (χ0) is 7.72. The summed E-state index contributed by atoms with van der Waals surface area (Å²) in [5, 5.41) is 9.30. The molecule has 0 aromatic carbocycles. The average molecular weight is 138 g/mol. The fourth-order valence-electron chi connectivity index (χ4n) is 1.08. The Hall–Kier alpha value is -1.05. The topological polar surface area (TPSA) is 34.4 Å². The Labute approximate surface area is 60.5 Å². The van der Waals surface area contributed by atoms with Crippen molar-refractivity contribution >= 4 is 0 Å². The lowest BCUT2D eigenvalue weighted by Crippen LogP contribution is -2.11. The van der Waals surface area contributed by atoms with Crippen molar-refractivity contribution in [3.05, 3.63) is 23.0 Å². The summed E-state index contributed by atoms with van der Waals surface area (Å²) in [6, 6.07) is 1.92. The first-order valence-corrected chi connectivity index (χ1v) is 3.30. The Bertz CT molecular complexity index is 232. The molecule has 1 aromatic heterocycles. The molecule has 0 amide bonds. The molecule has 0 aliphatic rings. The van der Waals surface area contributed by atoms with E-state index < -0.39 is 0 Å². The molecule has 2 nitrogen and oxygen atoms in total. The van der Waals surface area contributed by atoms with E-state index in [1.54, 1.807) is 0 Å². The van der Waals surface area contributed by atoms with Gasteiger partial charge < -0.3 is 5.11 Å². The van der Waals surface area contributed by atoms with Gasteiger partial charge in [0.15, 0.2) is 11.4 Å². The zero-order valence-electron chi connectivity index (χ0n) is 6.52. The first-order valence-electron chi connectivity index (χ1n) is 3.30. The summed E-state index contributed by atoms with van der Waals surface area (Å²) in [7, 11) is 0. The monoisotopic (exact) mass is 138 g/mol. The highest BCUT2D eigenvalue weighted by atomic mass is 16.3. The summed E-state index contributed by atoms with van der Waals surface area (Å²) in [6.45, 7) is 5.72. The average Bonchev–Trinajstić information content (AvgIpc) is 1.82. The number of rotatable bonds is 0. The minimum Gasteiger partial charge on any atom is -0.502 e. The van der Waals surface area contributed by atoms with Crippen molar-refractivity contribution in [2.75, 3.05) is 0 Å². The lowest BCUT2D eigenvalue weighted by Gasteiger charge is -1.96. The first-order chi connectivity index (χ1) is 4.61. The molecule has 1 rings (SSSR count). The van der Waals surface area contributed by atoms with Crippen LogP contribution in [0.5, 0.6) is 5.75 Å². The fraction of sp³-hybridized carbons (Fsp3) is 0.375. The molecule has 0 aliphatic carbocycles. The quantitative estimate of drug-likeness (QED) is 0.573. The summed E-state index contributed by atoms with van der Waals surface area (Å²) >= 11 is 0. The van der Waals surface area contributed by atoms with E-state index in [9.17, 15) is 5.11 Å². The lowest BCUT2D eigenvalue weighted by molar-refractivity contribution is -0.398. The zero-order valence-corrected chi connectivity index (χ0v) is 6.52. The minimum atomic E-state index is 0.366.